The predicted molar refractivity (Wildman–Crippen MR) is 132 cm³/mol. The molecule has 36 heavy (non-hydrogen) atoms. The summed E-state index contributed by atoms with van der Waals surface area (Å²) in [6, 6.07) is 13.5. The fourth-order valence-electron chi connectivity index (χ4n) is 5.58. The zero-order valence-electron chi connectivity index (χ0n) is 20.0. The summed E-state index contributed by atoms with van der Waals surface area (Å²) in [4.78, 5) is 7.13. The number of rotatable bonds is 7. The third-order valence-corrected chi connectivity index (χ3v) is 8.19. The van der Waals surface area contributed by atoms with Crippen molar-refractivity contribution in [3.05, 3.63) is 82.0 Å². The van der Waals surface area contributed by atoms with Gasteiger partial charge in [-0.05, 0) is 80.1 Å². The van der Waals surface area contributed by atoms with E-state index in [9.17, 15) is 13.2 Å². The summed E-state index contributed by atoms with van der Waals surface area (Å²) in [6.07, 6.45) is 1.08. The Morgan fingerprint density at radius 2 is 1.72 bits per heavy atom. The Morgan fingerprint density at radius 3 is 2.28 bits per heavy atom. The SMILES string of the molecule is NCC(Cc1nc(C2(c3ccc(Cl)cc3)CCC2)no1)N1CCC(c2ccc(C(F)(F)F)cc2)CC1. The monoisotopic (exact) mass is 518 g/mol. The second-order valence-corrected chi connectivity index (χ2v) is 10.4. The second kappa shape index (κ2) is 10.1. The fourth-order valence-corrected chi connectivity index (χ4v) is 5.70. The average Bonchev–Trinajstić information content (AvgIpc) is 3.31. The summed E-state index contributed by atoms with van der Waals surface area (Å²) in [5.41, 5.74) is 7.43. The summed E-state index contributed by atoms with van der Waals surface area (Å²) in [5.74, 6) is 1.56. The standard InChI is InChI=1S/C27H30ClF3N4O/c28-22-8-6-20(7-9-22)26(12-1-13-26)25-33-24(36-34-25)16-23(17-32)35-14-10-19(11-15-35)18-2-4-21(5-3-18)27(29,30)31/h2-9,19,23H,1,10-17,32H2. The van der Waals surface area contributed by atoms with Gasteiger partial charge in [0.15, 0.2) is 5.82 Å². The Kier molecular flexibility index (Phi) is 7.12. The molecule has 0 amide bonds. The van der Waals surface area contributed by atoms with Gasteiger partial charge >= 0.3 is 6.18 Å². The lowest BCUT2D eigenvalue weighted by Gasteiger charge is -2.39. The predicted octanol–water partition coefficient (Wildman–Crippen LogP) is 5.96. The van der Waals surface area contributed by atoms with Crippen molar-refractivity contribution in [1.82, 2.24) is 15.0 Å². The summed E-state index contributed by atoms with van der Waals surface area (Å²) < 4.78 is 44.3. The Hall–Kier alpha value is -2.42. The lowest BCUT2D eigenvalue weighted by atomic mass is 9.64. The van der Waals surface area contributed by atoms with Crippen molar-refractivity contribution in [2.45, 2.75) is 62.1 Å². The van der Waals surface area contributed by atoms with Crippen LogP contribution >= 0.6 is 11.6 Å². The highest BCUT2D eigenvalue weighted by atomic mass is 35.5. The molecule has 5 rings (SSSR count). The van der Waals surface area contributed by atoms with Crippen LogP contribution in [0.25, 0.3) is 0 Å². The molecule has 0 radical (unpaired) electrons. The van der Waals surface area contributed by atoms with E-state index < -0.39 is 11.7 Å². The van der Waals surface area contributed by atoms with Crippen LogP contribution in [0.2, 0.25) is 5.02 Å². The Bertz CT molecular complexity index is 1150. The maximum absolute atomic E-state index is 12.9. The van der Waals surface area contributed by atoms with E-state index in [1.54, 1.807) is 12.1 Å². The minimum absolute atomic E-state index is 0.0692. The van der Waals surface area contributed by atoms with Crippen LogP contribution in [-0.2, 0) is 18.0 Å². The van der Waals surface area contributed by atoms with E-state index in [1.807, 2.05) is 24.3 Å². The molecule has 0 spiro atoms. The molecular formula is C27H30ClF3N4O. The number of likely N-dealkylation sites (tertiary alicyclic amines) is 1. The van der Waals surface area contributed by atoms with Crippen LogP contribution in [0, 0.1) is 0 Å². The molecular weight excluding hydrogens is 489 g/mol. The van der Waals surface area contributed by atoms with Crippen molar-refractivity contribution >= 4 is 11.6 Å². The zero-order valence-corrected chi connectivity index (χ0v) is 20.7. The molecule has 2 heterocycles. The molecule has 1 atom stereocenters. The summed E-state index contributed by atoms with van der Waals surface area (Å²) in [6.45, 7) is 2.11. The maximum Gasteiger partial charge on any atom is 0.416 e. The summed E-state index contributed by atoms with van der Waals surface area (Å²) in [5, 5.41) is 5.06. The molecule has 1 aromatic heterocycles. The van der Waals surface area contributed by atoms with Crippen LogP contribution in [0.5, 0.6) is 0 Å². The van der Waals surface area contributed by atoms with Crippen molar-refractivity contribution in [3.63, 3.8) is 0 Å². The molecule has 0 bridgehead atoms. The lowest BCUT2D eigenvalue weighted by Crippen LogP contribution is -2.46. The molecule has 3 aromatic rings. The second-order valence-electron chi connectivity index (χ2n) is 9.98. The molecule has 1 saturated carbocycles. The van der Waals surface area contributed by atoms with E-state index in [-0.39, 0.29) is 17.4 Å². The first-order valence-electron chi connectivity index (χ1n) is 12.5. The van der Waals surface area contributed by atoms with Gasteiger partial charge in [0.25, 0.3) is 0 Å². The number of alkyl halides is 3. The van der Waals surface area contributed by atoms with E-state index in [0.29, 0.717) is 23.9 Å². The first-order valence-corrected chi connectivity index (χ1v) is 12.9. The van der Waals surface area contributed by atoms with Crippen LogP contribution in [0.15, 0.2) is 53.1 Å². The third-order valence-electron chi connectivity index (χ3n) is 7.94. The molecule has 9 heteroatoms. The number of benzene rings is 2. The molecule has 192 valence electrons. The number of piperidine rings is 1. The van der Waals surface area contributed by atoms with Crippen molar-refractivity contribution in [3.8, 4) is 0 Å². The highest BCUT2D eigenvalue weighted by Crippen LogP contribution is 2.48. The van der Waals surface area contributed by atoms with Crippen molar-refractivity contribution in [1.29, 1.82) is 0 Å². The topological polar surface area (TPSA) is 68.2 Å². The summed E-state index contributed by atoms with van der Waals surface area (Å²) >= 11 is 6.08. The lowest BCUT2D eigenvalue weighted by molar-refractivity contribution is -0.137. The number of aromatic nitrogens is 2. The number of hydrogen-bond acceptors (Lipinski definition) is 5. The van der Waals surface area contributed by atoms with E-state index in [2.05, 4.69) is 10.1 Å². The van der Waals surface area contributed by atoms with Crippen molar-refractivity contribution in [2.24, 2.45) is 5.73 Å². The third kappa shape index (κ3) is 5.04. The van der Waals surface area contributed by atoms with E-state index in [4.69, 9.17) is 26.8 Å². The van der Waals surface area contributed by atoms with Gasteiger partial charge in [0.05, 0.1) is 11.0 Å². The van der Waals surface area contributed by atoms with Gasteiger partial charge in [-0.2, -0.15) is 18.2 Å². The van der Waals surface area contributed by atoms with Gasteiger partial charge in [-0.15, -0.1) is 0 Å². The van der Waals surface area contributed by atoms with Crippen LogP contribution < -0.4 is 5.73 Å². The average molecular weight is 519 g/mol. The number of nitrogens with two attached hydrogens (primary N) is 1. The van der Waals surface area contributed by atoms with Gasteiger partial charge in [-0.25, -0.2) is 0 Å². The van der Waals surface area contributed by atoms with Crippen molar-refractivity contribution < 1.29 is 17.7 Å². The molecule has 1 aliphatic heterocycles. The zero-order chi connectivity index (χ0) is 25.3. The molecule has 1 aliphatic carbocycles. The van der Waals surface area contributed by atoms with Crippen LogP contribution in [0.4, 0.5) is 13.2 Å². The first-order chi connectivity index (χ1) is 17.3. The Balaban J connectivity index is 1.21. The van der Waals surface area contributed by atoms with Gasteiger partial charge in [0.2, 0.25) is 5.89 Å². The maximum atomic E-state index is 12.9. The molecule has 5 nitrogen and oxygen atoms in total. The molecule has 2 fully saturated rings. The van der Waals surface area contributed by atoms with Crippen LogP contribution in [0.1, 0.15) is 66.4 Å². The number of halogens is 4. The highest BCUT2D eigenvalue weighted by Gasteiger charge is 2.44. The number of hydrogen-bond donors (Lipinski definition) is 1. The normalized spacial score (nSPS) is 19.7. The molecule has 2 aromatic carbocycles. The Labute approximate surface area is 213 Å². The van der Waals surface area contributed by atoms with Gasteiger partial charge in [0.1, 0.15) is 0 Å². The smallest absolute Gasteiger partial charge is 0.339 e. The molecule has 2 aliphatic rings. The van der Waals surface area contributed by atoms with Crippen LogP contribution in [0.3, 0.4) is 0 Å². The minimum Gasteiger partial charge on any atom is -0.339 e. The molecule has 1 unspecified atom stereocenters. The fraction of sp³-hybridized carbons (Fsp3) is 0.481. The van der Waals surface area contributed by atoms with E-state index in [0.717, 1.165) is 62.1 Å². The quantitative estimate of drug-likeness (QED) is 0.418. The highest BCUT2D eigenvalue weighted by molar-refractivity contribution is 6.30. The molecule has 1 saturated heterocycles. The van der Waals surface area contributed by atoms with Gasteiger partial charge in [0, 0.05) is 24.0 Å². The largest absolute Gasteiger partial charge is 0.416 e. The van der Waals surface area contributed by atoms with Gasteiger partial charge in [-0.1, -0.05) is 47.4 Å². The van der Waals surface area contributed by atoms with Gasteiger partial charge in [-0.3, -0.25) is 4.90 Å². The Morgan fingerprint density at radius 1 is 1.06 bits per heavy atom. The van der Waals surface area contributed by atoms with Gasteiger partial charge < -0.3 is 10.3 Å². The van der Waals surface area contributed by atoms with Crippen LogP contribution in [-0.4, -0.2) is 40.7 Å². The summed E-state index contributed by atoms with van der Waals surface area (Å²) in [7, 11) is 0. The minimum atomic E-state index is -4.31. The first kappa shape index (κ1) is 25.2. The number of nitrogens with zero attached hydrogens (tertiary/aromatic N) is 3. The van der Waals surface area contributed by atoms with E-state index in [1.165, 1.54) is 12.1 Å². The molecule has 2 N–H and O–H groups in total. The van der Waals surface area contributed by atoms with E-state index >= 15 is 0 Å². The van der Waals surface area contributed by atoms with Crippen molar-refractivity contribution in [2.75, 3.05) is 19.6 Å².